The lowest BCUT2D eigenvalue weighted by molar-refractivity contribution is -0.137. The molecular formula is C38H43F5N6O6. The second kappa shape index (κ2) is 16.6. The highest BCUT2D eigenvalue weighted by Gasteiger charge is 2.47. The van der Waals surface area contributed by atoms with Crippen LogP contribution in [-0.2, 0) is 44.6 Å². The van der Waals surface area contributed by atoms with Gasteiger partial charge in [-0.2, -0.15) is 18.2 Å². The van der Waals surface area contributed by atoms with Crippen LogP contribution in [0.3, 0.4) is 0 Å². The van der Waals surface area contributed by atoms with Crippen molar-refractivity contribution in [3.05, 3.63) is 82.1 Å². The van der Waals surface area contributed by atoms with Crippen LogP contribution in [0.2, 0.25) is 0 Å². The van der Waals surface area contributed by atoms with Gasteiger partial charge in [-0.3, -0.25) is 14.4 Å². The lowest BCUT2D eigenvalue weighted by atomic mass is 9.78. The average Bonchev–Trinajstić information content (AvgIpc) is 3.78. The van der Waals surface area contributed by atoms with E-state index in [0.29, 0.717) is 24.1 Å². The number of fused-ring (bicyclic) bond motifs is 3. The highest BCUT2D eigenvalue weighted by atomic mass is 19.4. The predicted octanol–water partition coefficient (Wildman–Crippen LogP) is 6.05. The van der Waals surface area contributed by atoms with Crippen LogP contribution < -0.4 is 16.0 Å². The van der Waals surface area contributed by atoms with Gasteiger partial charge >= 0.3 is 12.1 Å². The van der Waals surface area contributed by atoms with Gasteiger partial charge in [-0.1, -0.05) is 58.7 Å². The van der Waals surface area contributed by atoms with Crippen LogP contribution in [0, 0.1) is 23.5 Å². The van der Waals surface area contributed by atoms with Crippen molar-refractivity contribution < 1.29 is 50.4 Å². The number of carbonyl (C=O) groups is 4. The molecule has 1 aliphatic rings. The van der Waals surface area contributed by atoms with Crippen LogP contribution in [0.5, 0.6) is 0 Å². The Hall–Kier alpha value is -5.35. The lowest BCUT2D eigenvalue weighted by Gasteiger charge is -2.39. The minimum atomic E-state index is -4.68. The number of nitrogens with zero attached hydrogens (tertiary/aromatic N) is 2. The van der Waals surface area contributed by atoms with E-state index in [9.17, 15) is 41.1 Å². The molecule has 0 radical (unpaired) electrons. The molecule has 3 amide bonds. The standard InChI is InChI=1S/C38H43F5N6O6/c1-6-19(4)29(45-28(50)17-22-25(39)13-10-14-26(22)40)33(51)48-37(16-15-27-23(18-37)21-11-9-12-24(31(21)44-27)38(41,42)43)36(53)46-30(20(5)7-2)34-47-32(49-55-34)35(52)54-8-3/h9-14,19-20,29-30,44H,6-8,15-18H2,1-5H3,(H,45,50)(H,46,53)(H,48,51)/t19?,20?,29-,30-,37+/m0/s1. The molecule has 0 aliphatic heterocycles. The Morgan fingerprint density at radius 3 is 2.29 bits per heavy atom. The summed E-state index contributed by atoms with van der Waals surface area (Å²) >= 11 is 0. The molecule has 2 heterocycles. The van der Waals surface area contributed by atoms with Crippen molar-refractivity contribution in [2.75, 3.05) is 6.61 Å². The third kappa shape index (κ3) is 8.65. The van der Waals surface area contributed by atoms with E-state index in [1.807, 2.05) is 6.92 Å². The summed E-state index contributed by atoms with van der Waals surface area (Å²) in [5.74, 6) is -6.49. The summed E-state index contributed by atoms with van der Waals surface area (Å²) in [5, 5.41) is 12.2. The number of halogens is 5. The fourth-order valence-corrected chi connectivity index (χ4v) is 6.77. The van der Waals surface area contributed by atoms with Gasteiger partial charge in [0.25, 0.3) is 5.82 Å². The first kappa shape index (κ1) is 40.8. The van der Waals surface area contributed by atoms with E-state index in [2.05, 4.69) is 31.1 Å². The van der Waals surface area contributed by atoms with E-state index in [1.165, 1.54) is 12.1 Å². The number of aromatic amines is 1. The van der Waals surface area contributed by atoms with Crippen molar-refractivity contribution in [1.82, 2.24) is 31.1 Å². The predicted molar refractivity (Wildman–Crippen MR) is 188 cm³/mol. The zero-order valence-electron chi connectivity index (χ0n) is 31.0. The third-order valence-electron chi connectivity index (χ3n) is 10.3. The average molecular weight is 775 g/mol. The van der Waals surface area contributed by atoms with Crippen LogP contribution in [0.1, 0.15) is 98.8 Å². The fraction of sp³-hybridized carbons (Fsp3) is 0.474. The second-order valence-corrected chi connectivity index (χ2v) is 13.9. The highest BCUT2D eigenvalue weighted by molar-refractivity contribution is 5.97. The van der Waals surface area contributed by atoms with Crippen molar-refractivity contribution >= 4 is 34.6 Å². The maximum Gasteiger partial charge on any atom is 0.418 e. The van der Waals surface area contributed by atoms with Crippen molar-refractivity contribution in [2.24, 2.45) is 11.8 Å². The van der Waals surface area contributed by atoms with E-state index < -0.39 is 82.6 Å². The Kier molecular flexibility index (Phi) is 12.3. The molecule has 2 aromatic carbocycles. The molecule has 4 N–H and O–H groups in total. The quantitative estimate of drug-likeness (QED) is 0.0888. The molecule has 55 heavy (non-hydrogen) atoms. The molecule has 0 bridgehead atoms. The van der Waals surface area contributed by atoms with Crippen molar-refractivity contribution in [3.8, 4) is 0 Å². The zero-order chi connectivity index (χ0) is 40.2. The molecular weight excluding hydrogens is 731 g/mol. The van der Waals surface area contributed by atoms with Gasteiger partial charge in [0.15, 0.2) is 0 Å². The molecule has 2 unspecified atom stereocenters. The fourth-order valence-electron chi connectivity index (χ4n) is 6.77. The number of ether oxygens (including phenoxy) is 1. The monoisotopic (exact) mass is 774 g/mol. The van der Waals surface area contributed by atoms with Crippen LogP contribution in [-0.4, -0.2) is 57.0 Å². The molecule has 12 nitrogen and oxygen atoms in total. The van der Waals surface area contributed by atoms with Gasteiger partial charge in [-0.15, -0.1) is 0 Å². The maximum absolute atomic E-state index is 14.7. The van der Waals surface area contributed by atoms with Crippen molar-refractivity contribution in [3.63, 3.8) is 0 Å². The number of hydrogen-bond donors (Lipinski definition) is 4. The highest BCUT2D eigenvalue weighted by Crippen LogP contribution is 2.40. The molecule has 5 atom stereocenters. The van der Waals surface area contributed by atoms with Gasteiger partial charge in [-0.05, 0) is 60.5 Å². The van der Waals surface area contributed by atoms with Crippen molar-refractivity contribution in [1.29, 1.82) is 0 Å². The van der Waals surface area contributed by atoms with E-state index in [1.54, 1.807) is 27.7 Å². The number of carbonyl (C=O) groups excluding carboxylic acids is 4. The van der Waals surface area contributed by atoms with Crippen LogP contribution in [0.25, 0.3) is 10.9 Å². The first-order chi connectivity index (χ1) is 26.0. The smallest absolute Gasteiger partial charge is 0.418 e. The molecule has 4 aromatic rings. The maximum atomic E-state index is 14.7. The van der Waals surface area contributed by atoms with Crippen LogP contribution in [0.15, 0.2) is 40.9 Å². The number of esters is 1. The molecule has 0 saturated heterocycles. The first-order valence-electron chi connectivity index (χ1n) is 18.1. The summed E-state index contributed by atoms with van der Waals surface area (Å²) < 4.78 is 81.4. The Morgan fingerprint density at radius 1 is 0.982 bits per heavy atom. The second-order valence-electron chi connectivity index (χ2n) is 13.9. The SMILES string of the molecule is CCOC(=O)c1noc([C@@H](NC(=O)[C@@]2(NC(=O)[C@@H](NC(=O)Cc3c(F)cccc3F)C(C)CC)CCc3[nH]c4c(C(F)(F)F)cccc4c3C2)C(C)CC)n1. The summed E-state index contributed by atoms with van der Waals surface area (Å²) in [7, 11) is 0. The molecule has 0 fully saturated rings. The number of aryl methyl sites for hydroxylation is 1. The molecule has 17 heteroatoms. The van der Waals surface area contributed by atoms with Gasteiger partial charge in [-0.25, -0.2) is 13.6 Å². The molecule has 1 aliphatic carbocycles. The number of aromatic nitrogens is 3. The van der Waals surface area contributed by atoms with E-state index in [0.717, 1.165) is 24.3 Å². The number of para-hydroxylation sites is 1. The molecule has 2 aromatic heterocycles. The topological polar surface area (TPSA) is 168 Å². The number of benzene rings is 2. The number of rotatable bonds is 14. The number of nitrogens with one attached hydrogen (secondary N) is 4. The number of H-pyrrole nitrogens is 1. The molecule has 296 valence electrons. The van der Waals surface area contributed by atoms with Crippen molar-refractivity contribution in [2.45, 2.75) is 96.9 Å². The van der Waals surface area contributed by atoms with Crippen LogP contribution in [0.4, 0.5) is 22.0 Å². The summed E-state index contributed by atoms with van der Waals surface area (Å²) in [5.41, 5.74) is -2.52. The minimum Gasteiger partial charge on any atom is -0.460 e. The number of amides is 3. The zero-order valence-corrected chi connectivity index (χ0v) is 31.0. The molecule has 5 rings (SSSR count). The first-order valence-corrected chi connectivity index (χ1v) is 18.1. The third-order valence-corrected chi connectivity index (χ3v) is 10.3. The van der Waals surface area contributed by atoms with E-state index in [-0.39, 0.29) is 54.4 Å². The molecule has 0 saturated carbocycles. The number of hydrogen-bond acceptors (Lipinski definition) is 8. The molecule has 0 spiro atoms. The summed E-state index contributed by atoms with van der Waals surface area (Å²) in [6, 6.07) is 4.60. The lowest BCUT2D eigenvalue weighted by Crippen LogP contribution is -2.65. The summed E-state index contributed by atoms with van der Waals surface area (Å²) in [6.45, 7) is 8.71. The van der Waals surface area contributed by atoms with Gasteiger partial charge in [0.05, 0.1) is 24.1 Å². The van der Waals surface area contributed by atoms with Gasteiger partial charge in [0.1, 0.15) is 29.3 Å². The minimum absolute atomic E-state index is 0.0451. The van der Waals surface area contributed by atoms with E-state index in [4.69, 9.17) is 9.26 Å². The summed E-state index contributed by atoms with van der Waals surface area (Å²) in [4.78, 5) is 61.6. The Balaban J connectivity index is 1.53. The van der Waals surface area contributed by atoms with Crippen LogP contribution >= 0.6 is 0 Å². The largest absolute Gasteiger partial charge is 0.460 e. The summed E-state index contributed by atoms with van der Waals surface area (Å²) in [6.07, 6.45) is -4.83. The van der Waals surface area contributed by atoms with Gasteiger partial charge < -0.3 is 30.2 Å². The Morgan fingerprint density at radius 2 is 1.65 bits per heavy atom. The van der Waals surface area contributed by atoms with E-state index >= 15 is 0 Å². The Bertz CT molecular complexity index is 2040. The normalized spacial score (nSPS) is 17.8. The van der Waals surface area contributed by atoms with Gasteiger partial charge in [0.2, 0.25) is 23.6 Å². The Labute approximate surface area is 313 Å². The number of alkyl halides is 3. The van der Waals surface area contributed by atoms with Gasteiger partial charge in [0, 0.05) is 23.1 Å².